The molecule has 0 saturated carbocycles. The van der Waals surface area contributed by atoms with Gasteiger partial charge in [0.05, 0.1) is 29.2 Å². The van der Waals surface area contributed by atoms with Crippen LogP contribution in [0.15, 0.2) is 58.7 Å². The zero-order valence-electron chi connectivity index (χ0n) is 13.2. The molecule has 0 radical (unpaired) electrons. The number of hydrazone groups is 1. The molecule has 1 aromatic carbocycles. The predicted octanol–water partition coefficient (Wildman–Crippen LogP) is 2.38. The van der Waals surface area contributed by atoms with Gasteiger partial charge in [-0.2, -0.15) is 10.1 Å². The van der Waals surface area contributed by atoms with Gasteiger partial charge in [-0.15, -0.1) is 0 Å². The van der Waals surface area contributed by atoms with E-state index in [0.717, 1.165) is 16.9 Å². The van der Waals surface area contributed by atoms with Gasteiger partial charge in [0.15, 0.2) is 0 Å². The lowest BCUT2D eigenvalue weighted by molar-refractivity contribution is -0.599. The molecule has 0 aliphatic carbocycles. The number of thiazole rings is 1. The summed E-state index contributed by atoms with van der Waals surface area (Å²) in [6.07, 6.45) is 5.28. The first-order valence-corrected chi connectivity index (χ1v) is 8.09. The molecule has 0 fully saturated rings. The quantitative estimate of drug-likeness (QED) is 0.317. The molecule has 3 aromatic rings. The first kappa shape index (κ1) is 16.5. The highest BCUT2D eigenvalue weighted by atomic mass is 32.1. The number of hydrogen-bond donors (Lipinski definition) is 2. The number of nitro benzene ring substituents is 1. The van der Waals surface area contributed by atoms with E-state index in [1.807, 2.05) is 36.0 Å². The first-order chi connectivity index (χ1) is 12.0. The molecule has 25 heavy (non-hydrogen) atoms. The van der Waals surface area contributed by atoms with Gasteiger partial charge >= 0.3 is 10.7 Å². The third-order valence-electron chi connectivity index (χ3n) is 3.32. The second-order valence-electron chi connectivity index (χ2n) is 5.19. The van der Waals surface area contributed by atoms with Crippen molar-refractivity contribution in [2.45, 2.75) is 6.92 Å². The van der Waals surface area contributed by atoms with Crippen molar-refractivity contribution in [1.82, 2.24) is 4.98 Å². The lowest BCUT2D eigenvalue weighted by Gasteiger charge is -1.99. The molecule has 0 unspecified atom stereocenters. The summed E-state index contributed by atoms with van der Waals surface area (Å²) in [5.41, 5.74) is 4.46. The van der Waals surface area contributed by atoms with Crippen LogP contribution in [0, 0.1) is 17.0 Å². The molecule has 2 heterocycles. The lowest BCUT2D eigenvalue weighted by atomic mass is 10.3. The van der Waals surface area contributed by atoms with Crippen molar-refractivity contribution in [3.63, 3.8) is 0 Å². The average Bonchev–Trinajstić information content (AvgIpc) is 2.96. The maximum absolute atomic E-state index is 11.7. The molecule has 0 bridgehead atoms. The summed E-state index contributed by atoms with van der Waals surface area (Å²) >= 11 is 1.05. The minimum atomic E-state index is -0.463. The zero-order chi connectivity index (χ0) is 17.8. The molecule has 8 nitrogen and oxygen atoms in total. The fourth-order valence-corrected chi connectivity index (χ4v) is 2.87. The van der Waals surface area contributed by atoms with Crippen molar-refractivity contribution in [2.24, 2.45) is 5.10 Å². The summed E-state index contributed by atoms with van der Waals surface area (Å²) in [5, 5.41) is 14.7. The van der Waals surface area contributed by atoms with Crippen molar-refractivity contribution in [1.29, 1.82) is 0 Å². The van der Waals surface area contributed by atoms with E-state index in [9.17, 15) is 14.9 Å². The van der Waals surface area contributed by atoms with Gasteiger partial charge in [0.2, 0.25) is 0 Å². The molecule has 0 spiro atoms. The highest BCUT2D eigenvalue weighted by molar-refractivity contribution is 7.11. The van der Waals surface area contributed by atoms with Crippen molar-refractivity contribution in [3.05, 3.63) is 79.0 Å². The number of H-pyrrole nitrogens is 1. The van der Waals surface area contributed by atoms with Gasteiger partial charge in [-0.25, -0.2) is 9.36 Å². The monoisotopic (exact) mass is 356 g/mol. The van der Waals surface area contributed by atoms with Gasteiger partial charge in [0.25, 0.3) is 5.69 Å². The topological polar surface area (TPSA) is 104 Å². The Morgan fingerprint density at radius 1 is 1.32 bits per heavy atom. The number of aromatic amines is 1. The molecule has 0 amide bonds. The third kappa shape index (κ3) is 3.96. The van der Waals surface area contributed by atoms with Crippen LogP contribution in [0.4, 0.5) is 11.4 Å². The van der Waals surface area contributed by atoms with Crippen molar-refractivity contribution in [2.75, 3.05) is 5.43 Å². The number of nitrogens with one attached hydrogen (secondary N) is 2. The summed E-state index contributed by atoms with van der Waals surface area (Å²) in [6.45, 7) is 1.96. The van der Waals surface area contributed by atoms with Gasteiger partial charge in [0, 0.05) is 12.1 Å². The summed E-state index contributed by atoms with van der Waals surface area (Å²) < 4.78 is 1.82. The molecular weight excluding hydrogens is 342 g/mol. The third-order valence-corrected chi connectivity index (χ3v) is 4.12. The van der Waals surface area contributed by atoms with Crippen LogP contribution >= 0.6 is 11.3 Å². The Morgan fingerprint density at radius 3 is 2.76 bits per heavy atom. The number of aromatic nitrogens is 2. The number of aryl methyl sites for hydroxylation is 1. The van der Waals surface area contributed by atoms with E-state index in [2.05, 4.69) is 15.5 Å². The Bertz CT molecular complexity index is 992. The summed E-state index contributed by atoms with van der Waals surface area (Å²) in [7, 11) is 0. The minimum absolute atomic E-state index is 0.0107. The van der Waals surface area contributed by atoms with Crippen LogP contribution in [-0.2, 0) is 0 Å². The van der Waals surface area contributed by atoms with Crippen LogP contribution in [0.25, 0.3) is 5.82 Å². The molecule has 9 heteroatoms. The highest BCUT2D eigenvalue weighted by Crippen LogP contribution is 2.15. The Balaban J connectivity index is 1.80. The SMILES string of the molecule is Cc1ccc[n+](-c2[nH]c(=O)sc2C=NNc2ccc([N+](=O)[O-])cc2)c1. The van der Waals surface area contributed by atoms with Gasteiger partial charge in [0.1, 0.15) is 4.88 Å². The van der Waals surface area contributed by atoms with Crippen molar-refractivity contribution < 1.29 is 9.49 Å². The summed E-state index contributed by atoms with van der Waals surface area (Å²) in [4.78, 5) is 25.1. The van der Waals surface area contributed by atoms with Crippen LogP contribution in [0.2, 0.25) is 0 Å². The van der Waals surface area contributed by atoms with E-state index in [-0.39, 0.29) is 10.6 Å². The number of hydrogen-bond acceptors (Lipinski definition) is 6. The van der Waals surface area contributed by atoms with Gasteiger partial charge < -0.3 is 0 Å². The fourth-order valence-electron chi connectivity index (χ4n) is 2.17. The van der Waals surface area contributed by atoms with E-state index >= 15 is 0 Å². The van der Waals surface area contributed by atoms with Gasteiger partial charge in [-0.1, -0.05) is 6.07 Å². The average molecular weight is 356 g/mol. The number of anilines is 1. The number of non-ortho nitro benzene ring substituents is 1. The van der Waals surface area contributed by atoms with E-state index in [4.69, 9.17) is 0 Å². The van der Waals surface area contributed by atoms with E-state index in [1.165, 1.54) is 18.3 Å². The molecule has 0 aliphatic heterocycles. The van der Waals surface area contributed by atoms with Gasteiger partial charge in [-0.3, -0.25) is 15.5 Å². The number of rotatable bonds is 5. The summed E-state index contributed by atoms with van der Waals surface area (Å²) in [6, 6.07) is 9.75. The zero-order valence-corrected chi connectivity index (χ0v) is 14.0. The number of pyridine rings is 1. The smallest absolute Gasteiger partial charge is 0.278 e. The maximum atomic E-state index is 11.7. The van der Waals surface area contributed by atoms with Gasteiger partial charge in [-0.05, 0) is 42.0 Å². The van der Waals surface area contributed by atoms with Crippen LogP contribution in [0.1, 0.15) is 10.4 Å². The standard InChI is InChI=1S/C16H13N5O3S/c1-11-3-2-8-20(10-11)15-14(25-16(22)18-15)9-17-19-12-4-6-13(7-5-12)21(23)24/h2-10,19H,1H3/p+1. The lowest BCUT2D eigenvalue weighted by Crippen LogP contribution is -2.32. The Morgan fingerprint density at radius 2 is 2.08 bits per heavy atom. The van der Waals surface area contributed by atoms with Crippen LogP contribution < -0.4 is 14.9 Å². The maximum Gasteiger partial charge on any atom is 0.390 e. The number of nitrogens with zero attached hydrogens (tertiary/aromatic N) is 3. The second-order valence-corrected chi connectivity index (χ2v) is 6.20. The molecule has 2 aromatic heterocycles. The highest BCUT2D eigenvalue weighted by Gasteiger charge is 2.16. The fraction of sp³-hybridized carbons (Fsp3) is 0.0625. The number of benzene rings is 1. The molecule has 0 saturated heterocycles. The van der Waals surface area contributed by atoms with Crippen LogP contribution in [-0.4, -0.2) is 16.1 Å². The van der Waals surface area contributed by atoms with Crippen LogP contribution in [0.3, 0.4) is 0 Å². The van der Waals surface area contributed by atoms with Crippen molar-refractivity contribution >= 4 is 28.9 Å². The molecule has 126 valence electrons. The Kier molecular flexibility index (Phi) is 4.66. The first-order valence-electron chi connectivity index (χ1n) is 7.28. The normalized spacial score (nSPS) is 10.9. The molecule has 2 N–H and O–H groups in total. The minimum Gasteiger partial charge on any atom is -0.278 e. The Labute approximate surface area is 146 Å². The van der Waals surface area contributed by atoms with E-state index in [0.29, 0.717) is 16.4 Å². The molecule has 0 atom stereocenters. The van der Waals surface area contributed by atoms with Crippen LogP contribution in [0.5, 0.6) is 0 Å². The molecule has 3 rings (SSSR count). The number of nitro groups is 1. The predicted molar refractivity (Wildman–Crippen MR) is 95.5 cm³/mol. The van der Waals surface area contributed by atoms with E-state index in [1.54, 1.807) is 12.1 Å². The molecular formula is C16H14N5O3S+. The largest absolute Gasteiger partial charge is 0.390 e. The Hall–Kier alpha value is -3.33. The summed E-state index contributed by atoms with van der Waals surface area (Å²) in [5.74, 6) is 0.632. The second kappa shape index (κ2) is 7.05. The van der Waals surface area contributed by atoms with Crippen molar-refractivity contribution in [3.8, 4) is 5.82 Å². The molecule has 0 aliphatic rings. The van der Waals surface area contributed by atoms with E-state index < -0.39 is 4.92 Å².